The van der Waals surface area contributed by atoms with Gasteiger partial charge in [-0.05, 0) is 17.9 Å². The molecule has 1 atom stereocenters. The molecule has 20 heavy (non-hydrogen) atoms. The van der Waals surface area contributed by atoms with Crippen LogP contribution in [0.15, 0.2) is 42.9 Å². The van der Waals surface area contributed by atoms with Gasteiger partial charge in [0.05, 0.1) is 11.3 Å². The highest BCUT2D eigenvalue weighted by atomic mass is 16.1. The van der Waals surface area contributed by atoms with Crippen molar-refractivity contribution < 1.29 is 4.79 Å². The Bertz CT molecular complexity index is 794. The number of carbonyl (C=O) groups is 1. The van der Waals surface area contributed by atoms with E-state index in [9.17, 15) is 4.79 Å². The Kier molecular flexibility index (Phi) is 2.39. The third-order valence-electron chi connectivity index (χ3n) is 3.85. The maximum absolute atomic E-state index is 12.3. The highest BCUT2D eigenvalue weighted by Crippen LogP contribution is 2.32. The Balaban J connectivity index is 1.85. The first-order valence-corrected chi connectivity index (χ1v) is 6.58. The lowest BCUT2D eigenvalue weighted by Gasteiger charge is -2.23. The third-order valence-corrected chi connectivity index (χ3v) is 3.85. The van der Waals surface area contributed by atoms with E-state index >= 15 is 0 Å². The van der Waals surface area contributed by atoms with E-state index in [4.69, 9.17) is 0 Å². The quantitative estimate of drug-likeness (QED) is 0.674. The summed E-state index contributed by atoms with van der Waals surface area (Å²) in [4.78, 5) is 20.6. The van der Waals surface area contributed by atoms with E-state index in [1.165, 1.54) is 11.9 Å². The van der Waals surface area contributed by atoms with Crippen LogP contribution in [0.5, 0.6) is 0 Å². The third kappa shape index (κ3) is 1.63. The summed E-state index contributed by atoms with van der Waals surface area (Å²) in [6.45, 7) is 0. The molecule has 0 saturated heterocycles. The molecule has 0 amide bonds. The molecule has 4 rings (SSSR count). The van der Waals surface area contributed by atoms with Crippen molar-refractivity contribution in [1.29, 1.82) is 0 Å². The van der Waals surface area contributed by atoms with E-state index in [-0.39, 0.29) is 11.7 Å². The molecule has 1 aliphatic rings. The van der Waals surface area contributed by atoms with Crippen LogP contribution in [0, 0.1) is 0 Å². The maximum Gasteiger partial charge on any atom is 0.252 e. The molecule has 0 saturated carbocycles. The van der Waals surface area contributed by atoms with E-state index in [0.29, 0.717) is 17.8 Å². The summed E-state index contributed by atoms with van der Waals surface area (Å²) in [5.74, 6) is 0.876. The molecular weight excluding hydrogens is 252 g/mol. The molecule has 0 aliphatic heterocycles. The van der Waals surface area contributed by atoms with Crippen molar-refractivity contribution in [3.05, 3.63) is 59.7 Å². The molecule has 0 spiro atoms. The van der Waals surface area contributed by atoms with Crippen molar-refractivity contribution >= 4 is 11.6 Å². The van der Waals surface area contributed by atoms with Crippen molar-refractivity contribution in [2.45, 2.75) is 18.8 Å². The summed E-state index contributed by atoms with van der Waals surface area (Å²) in [7, 11) is 0. The summed E-state index contributed by atoms with van der Waals surface area (Å²) < 4.78 is 1.68. The number of nitrogens with zero attached hydrogens (tertiary/aromatic N) is 4. The van der Waals surface area contributed by atoms with Gasteiger partial charge in [-0.1, -0.05) is 30.3 Å². The van der Waals surface area contributed by atoms with Crippen LogP contribution in [-0.4, -0.2) is 25.4 Å². The molecule has 5 heteroatoms. The smallest absolute Gasteiger partial charge is 0.252 e. The first-order chi connectivity index (χ1) is 9.83. The molecule has 3 aromatic rings. The number of fused-ring (bicyclic) bond motifs is 3. The van der Waals surface area contributed by atoms with Gasteiger partial charge in [0.25, 0.3) is 5.78 Å². The monoisotopic (exact) mass is 264 g/mol. The van der Waals surface area contributed by atoms with Crippen molar-refractivity contribution in [1.82, 2.24) is 19.6 Å². The van der Waals surface area contributed by atoms with Crippen molar-refractivity contribution in [2.75, 3.05) is 0 Å². The summed E-state index contributed by atoms with van der Waals surface area (Å²) in [6.07, 6.45) is 4.41. The Morgan fingerprint density at radius 1 is 1.10 bits per heavy atom. The predicted octanol–water partition coefficient (Wildman–Crippen LogP) is 2.04. The molecule has 0 bridgehead atoms. The Labute approximate surface area is 115 Å². The lowest BCUT2D eigenvalue weighted by Crippen LogP contribution is -2.22. The van der Waals surface area contributed by atoms with E-state index in [0.717, 1.165) is 12.1 Å². The summed E-state index contributed by atoms with van der Waals surface area (Å²) in [5, 5.41) is 4.19. The second kappa shape index (κ2) is 4.23. The van der Waals surface area contributed by atoms with Gasteiger partial charge in [0, 0.05) is 12.6 Å². The van der Waals surface area contributed by atoms with Crippen molar-refractivity contribution in [2.24, 2.45) is 0 Å². The fourth-order valence-corrected chi connectivity index (χ4v) is 2.85. The minimum absolute atomic E-state index is 0.130. The fourth-order valence-electron chi connectivity index (χ4n) is 2.85. The van der Waals surface area contributed by atoms with Crippen LogP contribution < -0.4 is 0 Å². The molecule has 98 valence electrons. The van der Waals surface area contributed by atoms with Gasteiger partial charge in [-0.2, -0.15) is 10.1 Å². The number of carbonyl (C=O) groups excluding carboxylic acids is 1. The standard InChI is InChI=1S/C15H12N4O/c20-14-7-11(10-4-2-1-3-5-10)6-13-12(14)8-16-15-17-9-18-19(13)15/h1-5,8-9,11H,6-7H2. The van der Waals surface area contributed by atoms with Crippen LogP contribution >= 0.6 is 0 Å². The van der Waals surface area contributed by atoms with Gasteiger partial charge in [-0.25, -0.2) is 9.50 Å². The zero-order valence-corrected chi connectivity index (χ0v) is 10.7. The van der Waals surface area contributed by atoms with Crippen LogP contribution in [-0.2, 0) is 6.42 Å². The molecule has 0 radical (unpaired) electrons. The van der Waals surface area contributed by atoms with Crippen LogP contribution in [0.2, 0.25) is 0 Å². The zero-order chi connectivity index (χ0) is 13.5. The predicted molar refractivity (Wildman–Crippen MR) is 72.6 cm³/mol. The second-order valence-corrected chi connectivity index (χ2v) is 5.03. The molecule has 1 aromatic carbocycles. The topological polar surface area (TPSA) is 60.2 Å². The number of Topliss-reactive ketones (excluding diaryl/α,β-unsaturated/α-hetero) is 1. The number of hydrogen-bond donors (Lipinski definition) is 0. The summed E-state index contributed by atoms with van der Waals surface area (Å²) in [6, 6.07) is 10.1. The van der Waals surface area contributed by atoms with Gasteiger partial charge in [-0.15, -0.1) is 0 Å². The molecule has 1 unspecified atom stereocenters. The lowest BCUT2D eigenvalue weighted by molar-refractivity contribution is 0.0962. The van der Waals surface area contributed by atoms with E-state index in [1.807, 2.05) is 18.2 Å². The van der Waals surface area contributed by atoms with Gasteiger partial charge in [0.1, 0.15) is 6.33 Å². The van der Waals surface area contributed by atoms with Crippen molar-refractivity contribution in [3.63, 3.8) is 0 Å². The fraction of sp³-hybridized carbons (Fsp3) is 0.200. The highest BCUT2D eigenvalue weighted by Gasteiger charge is 2.28. The summed E-state index contributed by atoms with van der Waals surface area (Å²) >= 11 is 0. The first kappa shape index (κ1) is 11.3. The Morgan fingerprint density at radius 3 is 2.80 bits per heavy atom. The lowest BCUT2D eigenvalue weighted by atomic mass is 9.82. The number of benzene rings is 1. The molecule has 2 heterocycles. The summed E-state index contributed by atoms with van der Waals surface area (Å²) in [5.41, 5.74) is 2.78. The largest absolute Gasteiger partial charge is 0.294 e. The van der Waals surface area contributed by atoms with Crippen LogP contribution in [0.3, 0.4) is 0 Å². The molecule has 2 aromatic heterocycles. The number of rotatable bonds is 1. The van der Waals surface area contributed by atoms with Gasteiger partial charge in [0.2, 0.25) is 0 Å². The van der Waals surface area contributed by atoms with Gasteiger partial charge in [-0.3, -0.25) is 4.79 Å². The zero-order valence-electron chi connectivity index (χ0n) is 10.7. The molecule has 1 aliphatic carbocycles. The normalized spacial score (nSPS) is 18.2. The minimum atomic E-state index is 0.130. The van der Waals surface area contributed by atoms with Gasteiger partial charge >= 0.3 is 0 Å². The van der Waals surface area contributed by atoms with Gasteiger partial charge in [0.15, 0.2) is 5.78 Å². The maximum atomic E-state index is 12.3. The Morgan fingerprint density at radius 2 is 1.95 bits per heavy atom. The number of aromatic nitrogens is 4. The molecular formula is C15H12N4O. The van der Waals surface area contributed by atoms with Gasteiger partial charge < -0.3 is 0 Å². The van der Waals surface area contributed by atoms with Crippen LogP contribution in [0.25, 0.3) is 5.78 Å². The molecule has 5 nitrogen and oxygen atoms in total. The minimum Gasteiger partial charge on any atom is -0.294 e. The number of ketones is 1. The first-order valence-electron chi connectivity index (χ1n) is 6.58. The Hall–Kier alpha value is -2.56. The van der Waals surface area contributed by atoms with Crippen LogP contribution in [0.1, 0.15) is 34.0 Å². The van der Waals surface area contributed by atoms with E-state index in [2.05, 4.69) is 27.2 Å². The second-order valence-electron chi connectivity index (χ2n) is 5.03. The van der Waals surface area contributed by atoms with E-state index in [1.54, 1.807) is 10.7 Å². The molecule has 0 fully saturated rings. The highest BCUT2D eigenvalue weighted by molar-refractivity contribution is 5.98. The molecule has 0 N–H and O–H groups in total. The van der Waals surface area contributed by atoms with Crippen LogP contribution in [0.4, 0.5) is 0 Å². The SMILES string of the molecule is O=C1CC(c2ccccc2)Cc2c1cnc1ncnn21. The van der Waals surface area contributed by atoms with Crippen molar-refractivity contribution in [3.8, 4) is 0 Å². The average Bonchev–Trinajstić information content (AvgIpc) is 2.97. The number of hydrogen-bond acceptors (Lipinski definition) is 4. The van der Waals surface area contributed by atoms with E-state index < -0.39 is 0 Å². The average molecular weight is 264 g/mol.